The Morgan fingerprint density at radius 1 is 0.306 bits per heavy atom. The van der Waals surface area contributed by atoms with Crippen molar-refractivity contribution >= 4 is 39.5 Å². The first-order valence-corrected chi connectivity index (χ1v) is 20.1. The number of ether oxygens (including phenoxy) is 4. The summed E-state index contributed by atoms with van der Waals surface area (Å²) in [6, 6.07) is 62.5. The second-order valence-electron chi connectivity index (χ2n) is 14.8. The van der Waals surface area contributed by atoms with Crippen molar-refractivity contribution in [3.8, 4) is 56.8 Å². The second kappa shape index (κ2) is 17.1. The van der Waals surface area contributed by atoms with E-state index in [1.165, 1.54) is 0 Å². The average Bonchev–Trinajstić information content (AvgIpc) is 3.63. The first-order valence-electron chi connectivity index (χ1n) is 20.1. The van der Waals surface area contributed by atoms with Gasteiger partial charge in [-0.3, -0.25) is 4.79 Å². The summed E-state index contributed by atoms with van der Waals surface area (Å²) in [7, 11) is 3.30. The predicted molar refractivity (Wildman–Crippen MR) is 250 cm³/mol. The maximum atomic E-state index is 15.5. The second-order valence-corrected chi connectivity index (χ2v) is 14.8. The van der Waals surface area contributed by atoms with Gasteiger partial charge < -0.3 is 30.4 Å². The third kappa shape index (κ3) is 8.15. The van der Waals surface area contributed by atoms with Gasteiger partial charge in [0.25, 0.3) is 0 Å². The van der Waals surface area contributed by atoms with Gasteiger partial charge in [-0.05, 0) is 154 Å². The van der Waals surface area contributed by atoms with Crippen LogP contribution in [0.25, 0.3) is 44.5 Å². The summed E-state index contributed by atoms with van der Waals surface area (Å²) in [5.41, 5.74) is 23.0. The van der Waals surface area contributed by atoms with E-state index in [-0.39, 0.29) is 5.78 Å². The summed E-state index contributed by atoms with van der Waals surface area (Å²) in [5, 5.41) is 0. The molecule has 0 radical (unpaired) electrons. The van der Waals surface area contributed by atoms with E-state index in [0.717, 1.165) is 55.7 Å². The van der Waals surface area contributed by atoms with E-state index in [9.17, 15) is 0 Å². The number of rotatable bonds is 12. The van der Waals surface area contributed by atoms with Crippen molar-refractivity contribution in [1.29, 1.82) is 0 Å². The molecule has 9 rings (SSSR count). The molecule has 0 heterocycles. The topological polar surface area (TPSA) is 106 Å². The number of ketones is 1. The maximum Gasteiger partial charge on any atom is 0.195 e. The van der Waals surface area contributed by atoms with Gasteiger partial charge in [0, 0.05) is 33.7 Å². The highest BCUT2D eigenvalue weighted by atomic mass is 16.5. The van der Waals surface area contributed by atoms with E-state index in [2.05, 4.69) is 24.3 Å². The highest BCUT2D eigenvalue weighted by molar-refractivity contribution is 6.59. The number of nitrogens with two attached hydrogens (primary N) is 2. The minimum atomic E-state index is -0.0885. The minimum absolute atomic E-state index is 0.0885. The van der Waals surface area contributed by atoms with E-state index >= 15 is 4.79 Å². The molecule has 8 aromatic rings. The quantitative estimate of drug-likeness (QED) is 0.118. The molecule has 0 saturated heterocycles. The summed E-state index contributed by atoms with van der Waals surface area (Å²) >= 11 is 0. The lowest BCUT2D eigenvalue weighted by Crippen LogP contribution is -2.02. The first kappa shape index (κ1) is 39.2. The third-order valence-corrected chi connectivity index (χ3v) is 10.8. The van der Waals surface area contributed by atoms with Gasteiger partial charge in [0.05, 0.1) is 14.2 Å². The van der Waals surface area contributed by atoms with Gasteiger partial charge in [-0.15, -0.1) is 0 Å². The normalized spacial score (nSPS) is 12.4. The Labute approximate surface area is 360 Å². The van der Waals surface area contributed by atoms with Crippen LogP contribution in [-0.2, 0) is 4.79 Å². The van der Waals surface area contributed by atoms with Crippen LogP contribution in [-0.4, -0.2) is 20.0 Å². The van der Waals surface area contributed by atoms with Crippen LogP contribution in [0.4, 0.5) is 11.4 Å². The van der Waals surface area contributed by atoms with Crippen molar-refractivity contribution in [3.63, 3.8) is 0 Å². The van der Waals surface area contributed by atoms with E-state index < -0.39 is 0 Å². The van der Waals surface area contributed by atoms with Crippen molar-refractivity contribution in [2.75, 3.05) is 25.7 Å². The number of hydrogen-bond donors (Lipinski definition) is 2. The Morgan fingerprint density at radius 3 is 0.968 bits per heavy atom. The zero-order chi connectivity index (χ0) is 42.6. The molecule has 302 valence electrons. The predicted octanol–water partition coefficient (Wildman–Crippen LogP) is 12.9. The molecule has 62 heavy (non-hydrogen) atoms. The highest BCUT2D eigenvalue weighted by Gasteiger charge is 2.36. The van der Waals surface area contributed by atoms with Gasteiger partial charge in [0.2, 0.25) is 0 Å². The molecule has 7 nitrogen and oxygen atoms in total. The van der Waals surface area contributed by atoms with Crippen LogP contribution >= 0.6 is 0 Å². The lowest BCUT2D eigenvalue weighted by molar-refractivity contribution is -0.108. The van der Waals surface area contributed by atoms with Crippen molar-refractivity contribution in [2.24, 2.45) is 0 Å². The summed E-state index contributed by atoms with van der Waals surface area (Å²) in [6.07, 6.45) is 0. The largest absolute Gasteiger partial charge is 0.497 e. The van der Waals surface area contributed by atoms with E-state index in [4.69, 9.17) is 30.4 Å². The smallest absolute Gasteiger partial charge is 0.195 e. The molecule has 0 atom stereocenters. The number of carbonyl (C=O) groups is 1. The van der Waals surface area contributed by atoms with Crippen LogP contribution in [0.5, 0.6) is 34.5 Å². The van der Waals surface area contributed by atoms with Crippen molar-refractivity contribution in [3.05, 3.63) is 216 Å². The molecule has 0 aromatic heterocycles. The SMILES string of the molecule is COc1cccc(C2=C(c3cccc(-c4ccc(Oc5ccc(N)cc5)cc4)c3)C(=O)C(c3cccc(-c4ccc(Oc5ccc(N)cc5)cc4)c3)=C2c2cccc(OC)c2)c1. The third-order valence-electron chi connectivity index (χ3n) is 10.8. The molecule has 7 heteroatoms. The van der Waals surface area contributed by atoms with Gasteiger partial charge in [-0.25, -0.2) is 0 Å². The van der Waals surface area contributed by atoms with Crippen LogP contribution in [0, 0.1) is 0 Å². The van der Waals surface area contributed by atoms with Crippen LogP contribution < -0.4 is 30.4 Å². The fourth-order valence-electron chi connectivity index (χ4n) is 7.77. The molecule has 0 saturated carbocycles. The van der Waals surface area contributed by atoms with Crippen LogP contribution in [0.2, 0.25) is 0 Å². The molecule has 4 N–H and O–H groups in total. The molecule has 0 aliphatic heterocycles. The Hall–Kier alpha value is -8.29. The molecule has 0 amide bonds. The van der Waals surface area contributed by atoms with Crippen molar-refractivity contribution in [2.45, 2.75) is 0 Å². The number of allylic oxidation sites excluding steroid dienone is 4. The van der Waals surface area contributed by atoms with Crippen LogP contribution in [0.15, 0.2) is 194 Å². The fraction of sp³-hybridized carbons (Fsp3) is 0.0364. The Balaban J connectivity index is 1.15. The summed E-state index contributed by atoms with van der Waals surface area (Å²) in [4.78, 5) is 15.5. The fourth-order valence-corrected chi connectivity index (χ4v) is 7.77. The van der Waals surface area contributed by atoms with Gasteiger partial charge in [-0.2, -0.15) is 0 Å². The van der Waals surface area contributed by atoms with Crippen molar-refractivity contribution in [1.82, 2.24) is 0 Å². The monoisotopic (exact) mass is 810 g/mol. The Kier molecular flexibility index (Phi) is 10.8. The number of nitrogen functional groups attached to an aromatic ring is 2. The molecular formula is C55H42N2O5. The zero-order valence-electron chi connectivity index (χ0n) is 34.2. The standard InChI is InChI=1S/C55H42N2O5/c1-59-49-13-5-11-41(33-49)51-52(42-12-6-14-50(34-42)60-2)54(40-10-4-8-38(32-40)36-17-25-46(26-18-36)62-48-29-21-44(57)22-30-48)55(58)53(51)39-9-3-7-37(31-39)35-15-23-45(24-16-35)61-47-27-19-43(56)20-28-47/h3-34H,56-57H2,1-2H3. The van der Waals surface area contributed by atoms with Gasteiger partial charge in [-0.1, -0.05) is 84.9 Å². The number of benzene rings is 8. The molecule has 8 aromatic carbocycles. The van der Waals surface area contributed by atoms with Crippen LogP contribution in [0.3, 0.4) is 0 Å². The summed E-state index contributed by atoms with van der Waals surface area (Å²) < 4.78 is 23.6. The number of carbonyl (C=O) groups excluding carboxylic acids is 1. The van der Waals surface area contributed by atoms with E-state index in [0.29, 0.717) is 57.0 Å². The lowest BCUT2D eigenvalue weighted by atomic mass is 9.88. The molecule has 0 unspecified atom stereocenters. The van der Waals surface area contributed by atoms with Crippen LogP contribution in [0.1, 0.15) is 22.3 Å². The number of anilines is 2. The van der Waals surface area contributed by atoms with E-state index in [1.807, 2.05) is 170 Å². The molecular weight excluding hydrogens is 769 g/mol. The molecule has 0 spiro atoms. The van der Waals surface area contributed by atoms with Gasteiger partial charge >= 0.3 is 0 Å². The number of methoxy groups -OCH3 is 2. The van der Waals surface area contributed by atoms with Crippen molar-refractivity contribution < 1.29 is 23.7 Å². The maximum absolute atomic E-state index is 15.5. The Bertz CT molecular complexity index is 2780. The van der Waals surface area contributed by atoms with Gasteiger partial charge in [0.15, 0.2) is 5.78 Å². The zero-order valence-corrected chi connectivity index (χ0v) is 34.2. The highest BCUT2D eigenvalue weighted by Crippen LogP contribution is 2.51. The minimum Gasteiger partial charge on any atom is -0.497 e. The molecule has 0 fully saturated rings. The molecule has 1 aliphatic carbocycles. The average molecular weight is 811 g/mol. The number of hydrogen-bond acceptors (Lipinski definition) is 7. The molecule has 1 aliphatic rings. The Morgan fingerprint density at radius 2 is 0.613 bits per heavy atom. The lowest BCUT2D eigenvalue weighted by Gasteiger charge is -2.16. The first-order chi connectivity index (χ1) is 30.3. The van der Waals surface area contributed by atoms with E-state index in [1.54, 1.807) is 14.2 Å². The van der Waals surface area contributed by atoms with Gasteiger partial charge in [0.1, 0.15) is 34.5 Å². The summed E-state index contributed by atoms with van der Waals surface area (Å²) in [6.45, 7) is 0. The summed E-state index contributed by atoms with van der Waals surface area (Å²) in [5.74, 6) is 4.07. The number of Topliss-reactive ketones (excluding diaryl/α,β-unsaturated/α-hetero) is 1. The molecule has 0 bridgehead atoms.